The number of sulfonamides is 1. The summed E-state index contributed by atoms with van der Waals surface area (Å²) in [4.78, 5) is 12.2. The van der Waals surface area contributed by atoms with Crippen LogP contribution in [-0.2, 0) is 14.8 Å². The Labute approximate surface area is 151 Å². The maximum atomic E-state index is 12.2. The Hall–Kier alpha value is -1.76. The first-order valence-corrected chi connectivity index (χ1v) is 9.56. The lowest BCUT2D eigenvalue weighted by Crippen LogP contribution is -2.37. The fourth-order valence-corrected chi connectivity index (χ4v) is 3.29. The van der Waals surface area contributed by atoms with E-state index in [4.69, 9.17) is 23.2 Å². The molecule has 5 nitrogen and oxygen atoms in total. The topological polar surface area (TPSA) is 66.5 Å². The molecule has 0 aliphatic carbocycles. The van der Waals surface area contributed by atoms with Gasteiger partial charge in [-0.15, -0.1) is 0 Å². The van der Waals surface area contributed by atoms with Crippen LogP contribution in [0, 0.1) is 6.92 Å². The summed E-state index contributed by atoms with van der Waals surface area (Å²) in [5.41, 5.74) is 1.60. The Balaban J connectivity index is 2.25. The van der Waals surface area contributed by atoms with Crippen molar-refractivity contribution in [3.05, 3.63) is 58.1 Å². The number of nitrogens with zero attached hydrogens (tertiary/aromatic N) is 1. The van der Waals surface area contributed by atoms with E-state index in [1.807, 2.05) is 0 Å². The highest BCUT2D eigenvalue weighted by Gasteiger charge is 2.22. The lowest BCUT2D eigenvalue weighted by molar-refractivity contribution is -0.114. The number of nitrogens with one attached hydrogen (secondary N) is 1. The Kier molecular flexibility index (Phi) is 5.74. The summed E-state index contributed by atoms with van der Waals surface area (Å²) < 4.78 is 25.3. The van der Waals surface area contributed by atoms with Gasteiger partial charge in [0.05, 0.1) is 11.9 Å². The quantitative estimate of drug-likeness (QED) is 0.851. The molecule has 0 spiro atoms. The van der Waals surface area contributed by atoms with Gasteiger partial charge in [0, 0.05) is 15.7 Å². The molecule has 0 saturated heterocycles. The second-order valence-corrected chi connectivity index (χ2v) is 8.04. The molecular formula is C16H16Cl2N2O3S. The van der Waals surface area contributed by atoms with Gasteiger partial charge in [-0.2, -0.15) is 0 Å². The van der Waals surface area contributed by atoms with Crippen LogP contribution in [0.4, 0.5) is 11.4 Å². The summed E-state index contributed by atoms with van der Waals surface area (Å²) in [6.45, 7) is 1.39. The van der Waals surface area contributed by atoms with E-state index in [9.17, 15) is 13.2 Å². The number of anilines is 2. The van der Waals surface area contributed by atoms with Gasteiger partial charge in [0.25, 0.3) is 0 Å². The van der Waals surface area contributed by atoms with Crippen LogP contribution < -0.4 is 9.62 Å². The number of rotatable bonds is 5. The highest BCUT2D eigenvalue weighted by molar-refractivity contribution is 7.92. The largest absolute Gasteiger partial charge is 0.325 e. The molecule has 2 aromatic rings. The number of aryl methyl sites for hydroxylation is 1. The van der Waals surface area contributed by atoms with Gasteiger partial charge in [-0.1, -0.05) is 29.3 Å². The summed E-state index contributed by atoms with van der Waals surface area (Å²) in [6, 6.07) is 11.4. The van der Waals surface area contributed by atoms with Gasteiger partial charge >= 0.3 is 0 Å². The molecule has 2 aromatic carbocycles. The second-order valence-electron chi connectivity index (χ2n) is 5.26. The zero-order valence-electron chi connectivity index (χ0n) is 13.1. The Morgan fingerprint density at radius 3 is 2.25 bits per heavy atom. The molecular weight excluding hydrogens is 371 g/mol. The number of amides is 1. The van der Waals surface area contributed by atoms with Crippen LogP contribution in [0.3, 0.4) is 0 Å². The maximum absolute atomic E-state index is 12.2. The minimum absolute atomic E-state index is 0.358. The van der Waals surface area contributed by atoms with Crippen molar-refractivity contribution in [2.45, 2.75) is 6.92 Å². The summed E-state index contributed by atoms with van der Waals surface area (Å²) in [5.74, 6) is -0.470. The molecule has 0 atom stereocenters. The van der Waals surface area contributed by atoms with Gasteiger partial charge in [-0.05, 0) is 48.9 Å². The Bertz CT molecular complexity index is 852. The smallest absolute Gasteiger partial charge is 0.245 e. The standard InChI is InChI=1S/C16H16Cl2N2O3S/c1-11-3-4-13(18)9-15(11)20(24(2,22)23)10-16(21)19-14-7-5-12(17)6-8-14/h3-9H,10H2,1-2H3,(H,19,21). The van der Waals surface area contributed by atoms with Crippen molar-refractivity contribution in [3.63, 3.8) is 0 Å². The Morgan fingerprint density at radius 2 is 1.67 bits per heavy atom. The molecule has 1 N–H and O–H groups in total. The zero-order valence-corrected chi connectivity index (χ0v) is 15.4. The molecule has 8 heteroatoms. The van der Waals surface area contributed by atoms with Crippen molar-refractivity contribution in [1.82, 2.24) is 0 Å². The normalized spacial score (nSPS) is 11.2. The molecule has 0 fully saturated rings. The van der Waals surface area contributed by atoms with Gasteiger partial charge in [-0.3, -0.25) is 9.10 Å². The third-order valence-electron chi connectivity index (χ3n) is 3.26. The minimum atomic E-state index is -3.66. The Morgan fingerprint density at radius 1 is 1.08 bits per heavy atom. The monoisotopic (exact) mass is 386 g/mol. The highest BCUT2D eigenvalue weighted by atomic mass is 35.5. The first-order chi connectivity index (χ1) is 11.2. The van der Waals surface area contributed by atoms with E-state index in [1.165, 1.54) is 6.07 Å². The van der Waals surface area contributed by atoms with Gasteiger partial charge in [0.2, 0.25) is 15.9 Å². The maximum Gasteiger partial charge on any atom is 0.245 e. The number of carbonyl (C=O) groups is 1. The van der Waals surface area contributed by atoms with E-state index in [1.54, 1.807) is 43.3 Å². The van der Waals surface area contributed by atoms with E-state index >= 15 is 0 Å². The fraction of sp³-hybridized carbons (Fsp3) is 0.188. The molecule has 1 amide bonds. The molecule has 2 rings (SSSR count). The van der Waals surface area contributed by atoms with Crippen LogP contribution in [0.5, 0.6) is 0 Å². The fourth-order valence-electron chi connectivity index (χ4n) is 2.10. The summed E-state index contributed by atoms with van der Waals surface area (Å²) in [5, 5.41) is 3.57. The molecule has 0 aliphatic rings. The first-order valence-electron chi connectivity index (χ1n) is 6.96. The van der Waals surface area contributed by atoms with Gasteiger partial charge in [0.1, 0.15) is 6.54 Å². The van der Waals surface area contributed by atoms with Gasteiger partial charge < -0.3 is 5.32 Å². The van der Waals surface area contributed by atoms with E-state index in [-0.39, 0.29) is 6.54 Å². The second kappa shape index (κ2) is 7.42. The van der Waals surface area contributed by atoms with E-state index in [0.29, 0.717) is 27.0 Å². The number of hydrogen-bond acceptors (Lipinski definition) is 3. The molecule has 0 bridgehead atoms. The molecule has 128 valence electrons. The van der Waals surface area contributed by atoms with Gasteiger partial charge in [0.15, 0.2) is 0 Å². The SMILES string of the molecule is Cc1ccc(Cl)cc1N(CC(=O)Nc1ccc(Cl)cc1)S(C)(=O)=O. The van der Waals surface area contributed by atoms with E-state index in [0.717, 1.165) is 10.6 Å². The highest BCUT2D eigenvalue weighted by Crippen LogP contribution is 2.26. The molecule has 0 aromatic heterocycles. The van der Waals surface area contributed by atoms with Gasteiger partial charge in [-0.25, -0.2) is 8.42 Å². The van der Waals surface area contributed by atoms with Crippen LogP contribution in [0.1, 0.15) is 5.56 Å². The number of carbonyl (C=O) groups excluding carboxylic acids is 1. The van der Waals surface area contributed by atoms with Crippen LogP contribution in [0.2, 0.25) is 10.0 Å². The minimum Gasteiger partial charge on any atom is -0.325 e. The average molecular weight is 387 g/mol. The zero-order chi connectivity index (χ0) is 17.9. The van der Waals surface area contributed by atoms with Crippen LogP contribution >= 0.6 is 23.2 Å². The summed E-state index contributed by atoms with van der Waals surface area (Å²) >= 11 is 11.7. The average Bonchev–Trinajstić information content (AvgIpc) is 2.49. The molecule has 0 radical (unpaired) electrons. The van der Waals surface area contributed by atoms with Crippen molar-refractivity contribution in [3.8, 4) is 0 Å². The first kappa shape index (κ1) is 18.6. The van der Waals surface area contributed by atoms with E-state index < -0.39 is 15.9 Å². The third-order valence-corrected chi connectivity index (χ3v) is 4.87. The van der Waals surface area contributed by atoms with Crippen molar-refractivity contribution in [1.29, 1.82) is 0 Å². The lowest BCUT2D eigenvalue weighted by atomic mass is 10.2. The van der Waals surface area contributed by atoms with Crippen molar-refractivity contribution < 1.29 is 13.2 Å². The van der Waals surface area contributed by atoms with Crippen molar-refractivity contribution in [2.75, 3.05) is 22.4 Å². The van der Waals surface area contributed by atoms with E-state index in [2.05, 4.69) is 5.32 Å². The molecule has 0 heterocycles. The predicted molar refractivity (Wildman–Crippen MR) is 98.5 cm³/mol. The van der Waals surface area contributed by atoms with Crippen molar-refractivity contribution in [2.24, 2.45) is 0 Å². The van der Waals surface area contributed by atoms with Crippen molar-refractivity contribution >= 4 is 50.5 Å². The molecule has 0 saturated carbocycles. The predicted octanol–water partition coefficient (Wildman–Crippen LogP) is 3.71. The number of halogens is 2. The molecule has 0 unspecified atom stereocenters. The summed E-state index contributed by atoms with van der Waals surface area (Å²) in [7, 11) is -3.66. The molecule has 0 aliphatic heterocycles. The van der Waals surface area contributed by atoms with Crippen LogP contribution in [0.15, 0.2) is 42.5 Å². The van der Waals surface area contributed by atoms with Crippen LogP contribution in [-0.4, -0.2) is 27.1 Å². The molecule has 24 heavy (non-hydrogen) atoms. The lowest BCUT2D eigenvalue weighted by Gasteiger charge is -2.23. The van der Waals surface area contributed by atoms with Crippen LogP contribution in [0.25, 0.3) is 0 Å². The number of benzene rings is 2. The summed E-state index contributed by atoms with van der Waals surface area (Å²) in [6.07, 6.45) is 1.04. The third kappa shape index (κ3) is 4.87. The number of hydrogen-bond donors (Lipinski definition) is 1.